The lowest BCUT2D eigenvalue weighted by molar-refractivity contribution is -0.140. The van der Waals surface area contributed by atoms with Crippen molar-refractivity contribution >= 4 is 47.0 Å². The average Bonchev–Trinajstić information content (AvgIpc) is 2.90. The molecule has 5 nitrogen and oxygen atoms in total. The van der Waals surface area contributed by atoms with Gasteiger partial charge in [-0.05, 0) is 24.1 Å². The van der Waals surface area contributed by atoms with Gasteiger partial charge in [0.25, 0.3) is 0 Å². The number of urea groups is 1. The van der Waals surface area contributed by atoms with Gasteiger partial charge in [-0.2, -0.15) is 0 Å². The minimum atomic E-state index is -0.976. The normalized spacial score (nSPS) is 17.8. The Morgan fingerprint density at radius 2 is 2.19 bits per heavy atom. The van der Waals surface area contributed by atoms with Crippen molar-refractivity contribution in [3.63, 3.8) is 0 Å². The number of carbonyl (C=O) groups excluding carboxylic acids is 1. The summed E-state index contributed by atoms with van der Waals surface area (Å²) >= 11 is 13.3. The molecule has 1 aliphatic rings. The van der Waals surface area contributed by atoms with Gasteiger partial charge in [-0.15, -0.1) is 11.8 Å². The second kappa shape index (κ2) is 7.24. The summed E-state index contributed by atoms with van der Waals surface area (Å²) in [5, 5.41) is 12.9. The van der Waals surface area contributed by atoms with Gasteiger partial charge in [0, 0.05) is 22.3 Å². The number of hydrogen-bond donors (Lipinski definition) is 2. The first-order chi connectivity index (χ1) is 9.99. The minimum absolute atomic E-state index is 0.363. The number of rotatable bonds is 4. The van der Waals surface area contributed by atoms with Crippen LogP contribution in [0.4, 0.5) is 4.79 Å². The van der Waals surface area contributed by atoms with Crippen molar-refractivity contribution in [2.75, 3.05) is 18.2 Å². The number of nitrogens with one attached hydrogen (secondary N) is 1. The van der Waals surface area contributed by atoms with E-state index in [1.54, 1.807) is 12.1 Å². The maximum absolute atomic E-state index is 12.0. The lowest BCUT2D eigenvalue weighted by atomic mass is 10.1. The molecule has 1 aromatic rings. The van der Waals surface area contributed by atoms with E-state index in [9.17, 15) is 9.59 Å². The zero-order valence-corrected chi connectivity index (χ0v) is 13.3. The first kappa shape index (κ1) is 16.3. The molecule has 21 heavy (non-hydrogen) atoms. The fourth-order valence-electron chi connectivity index (χ4n) is 1.98. The van der Waals surface area contributed by atoms with Gasteiger partial charge in [-0.1, -0.05) is 29.3 Å². The van der Waals surface area contributed by atoms with E-state index in [1.807, 2.05) is 6.07 Å². The van der Waals surface area contributed by atoms with Gasteiger partial charge in [-0.25, -0.2) is 9.59 Å². The molecule has 1 atom stereocenters. The Hall–Kier alpha value is -1.11. The number of benzene rings is 1. The summed E-state index contributed by atoms with van der Waals surface area (Å²) < 4.78 is 0. The topological polar surface area (TPSA) is 69.6 Å². The van der Waals surface area contributed by atoms with Crippen LogP contribution in [0.15, 0.2) is 18.2 Å². The van der Waals surface area contributed by atoms with Gasteiger partial charge in [0.2, 0.25) is 0 Å². The SMILES string of the molecule is O=C(O)[C@@H]1CSCN1C(=O)NCCc1ccc(Cl)cc1Cl. The Labute approximate surface area is 136 Å². The van der Waals surface area contributed by atoms with Crippen LogP contribution < -0.4 is 5.32 Å². The maximum atomic E-state index is 12.0. The van der Waals surface area contributed by atoms with Gasteiger partial charge in [0.05, 0.1) is 5.88 Å². The smallest absolute Gasteiger partial charge is 0.327 e. The predicted molar refractivity (Wildman–Crippen MR) is 84.2 cm³/mol. The summed E-state index contributed by atoms with van der Waals surface area (Å²) in [5.41, 5.74) is 0.881. The fraction of sp³-hybridized carbons (Fsp3) is 0.385. The van der Waals surface area contributed by atoms with Crippen molar-refractivity contribution in [3.05, 3.63) is 33.8 Å². The average molecular weight is 349 g/mol. The number of amides is 2. The molecule has 0 saturated carbocycles. The molecule has 1 saturated heterocycles. The first-order valence-electron chi connectivity index (χ1n) is 6.28. The molecule has 2 N–H and O–H groups in total. The van der Waals surface area contributed by atoms with Crippen molar-refractivity contribution in [2.24, 2.45) is 0 Å². The van der Waals surface area contributed by atoms with Crippen LogP contribution in [0.25, 0.3) is 0 Å². The van der Waals surface area contributed by atoms with Crippen LogP contribution in [0.5, 0.6) is 0 Å². The van der Waals surface area contributed by atoms with Crippen LogP contribution in [-0.2, 0) is 11.2 Å². The number of carbonyl (C=O) groups is 2. The quantitative estimate of drug-likeness (QED) is 0.877. The zero-order chi connectivity index (χ0) is 15.4. The van der Waals surface area contributed by atoms with Gasteiger partial charge < -0.3 is 15.3 Å². The third kappa shape index (κ3) is 4.18. The van der Waals surface area contributed by atoms with Crippen molar-refractivity contribution in [1.82, 2.24) is 10.2 Å². The van der Waals surface area contributed by atoms with E-state index in [2.05, 4.69) is 5.32 Å². The molecule has 0 bridgehead atoms. The van der Waals surface area contributed by atoms with E-state index in [0.29, 0.717) is 34.6 Å². The van der Waals surface area contributed by atoms with Gasteiger partial charge in [0.15, 0.2) is 0 Å². The molecule has 0 spiro atoms. The molecule has 0 aliphatic carbocycles. The number of carboxylic acids is 1. The predicted octanol–water partition coefficient (Wildman–Crippen LogP) is 2.71. The van der Waals surface area contributed by atoms with E-state index < -0.39 is 12.0 Å². The number of nitrogens with zero attached hydrogens (tertiary/aromatic N) is 1. The third-order valence-electron chi connectivity index (χ3n) is 3.11. The minimum Gasteiger partial charge on any atom is -0.480 e. The maximum Gasteiger partial charge on any atom is 0.327 e. The Morgan fingerprint density at radius 1 is 1.43 bits per heavy atom. The molecule has 0 aromatic heterocycles. The number of halogens is 2. The number of aliphatic carboxylic acids is 1. The summed E-state index contributed by atoms with van der Waals surface area (Å²) in [7, 11) is 0. The van der Waals surface area contributed by atoms with E-state index >= 15 is 0 Å². The number of hydrogen-bond acceptors (Lipinski definition) is 3. The molecule has 8 heteroatoms. The molecular weight excluding hydrogens is 335 g/mol. The molecule has 2 rings (SSSR count). The number of thioether (sulfide) groups is 1. The van der Waals surface area contributed by atoms with Crippen molar-refractivity contribution < 1.29 is 14.7 Å². The monoisotopic (exact) mass is 348 g/mol. The third-order valence-corrected chi connectivity index (χ3v) is 4.71. The molecule has 1 fully saturated rings. The highest BCUT2D eigenvalue weighted by atomic mass is 35.5. The molecule has 2 amide bonds. The lowest BCUT2D eigenvalue weighted by Gasteiger charge is -2.20. The van der Waals surface area contributed by atoms with Crippen LogP contribution in [0.2, 0.25) is 10.0 Å². The van der Waals surface area contributed by atoms with Crippen molar-refractivity contribution in [1.29, 1.82) is 0 Å². The molecule has 1 aliphatic heterocycles. The highest BCUT2D eigenvalue weighted by Gasteiger charge is 2.34. The van der Waals surface area contributed by atoms with Crippen molar-refractivity contribution in [2.45, 2.75) is 12.5 Å². The van der Waals surface area contributed by atoms with Crippen molar-refractivity contribution in [3.8, 4) is 0 Å². The fourth-order valence-corrected chi connectivity index (χ4v) is 3.63. The molecule has 0 unspecified atom stereocenters. The van der Waals surface area contributed by atoms with Crippen LogP contribution in [0, 0.1) is 0 Å². The highest BCUT2D eigenvalue weighted by molar-refractivity contribution is 7.99. The van der Waals surface area contributed by atoms with E-state index in [1.165, 1.54) is 16.7 Å². The molecule has 114 valence electrons. The molecule has 1 aromatic carbocycles. The summed E-state index contributed by atoms with van der Waals surface area (Å²) in [6.45, 7) is 0.383. The zero-order valence-electron chi connectivity index (χ0n) is 11.0. The standard InChI is InChI=1S/C13H14Cl2N2O3S/c14-9-2-1-8(10(15)5-9)3-4-16-13(20)17-7-21-6-11(17)12(18)19/h1-2,5,11H,3-4,6-7H2,(H,16,20)(H,18,19)/t11-/m0/s1. The Morgan fingerprint density at radius 3 is 2.86 bits per heavy atom. The summed E-state index contributed by atoms with van der Waals surface area (Å²) in [5.74, 6) is -0.160. The second-order valence-corrected chi connectivity index (χ2v) is 6.38. The molecule has 0 radical (unpaired) electrons. The second-order valence-electron chi connectivity index (χ2n) is 4.54. The first-order valence-corrected chi connectivity index (χ1v) is 8.19. The molecular formula is C13H14Cl2N2O3S. The van der Waals surface area contributed by atoms with Crippen LogP contribution >= 0.6 is 35.0 Å². The van der Waals surface area contributed by atoms with Crippen LogP contribution in [-0.4, -0.2) is 46.2 Å². The van der Waals surface area contributed by atoms with E-state index in [-0.39, 0.29) is 6.03 Å². The van der Waals surface area contributed by atoms with Gasteiger partial charge in [-0.3, -0.25) is 0 Å². The number of carboxylic acid groups (broad SMARTS) is 1. The van der Waals surface area contributed by atoms with Crippen LogP contribution in [0.3, 0.4) is 0 Å². The summed E-state index contributed by atoms with van der Waals surface area (Å²) in [6, 6.07) is 4.08. The Balaban J connectivity index is 1.85. The van der Waals surface area contributed by atoms with Crippen LogP contribution in [0.1, 0.15) is 5.56 Å². The molecule has 1 heterocycles. The Bertz CT molecular complexity index is 556. The lowest BCUT2D eigenvalue weighted by Crippen LogP contribution is -2.47. The largest absolute Gasteiger partial charge is 0.480 e. The summed E-state index contributed by atoms with van der Waals surface area (Å²) in [6.07, 6.45) is 0.556. The Kier molecular flexibility index (Phi) is 5.61. The van der Waals surface area contributed by atoms with E-state index in [0.717, 1.165) is 5.56 Å². The van der Waals surface area contributed by atoms with Gasteiger partial charge in [0.1, 0.15) is 6.04 Å². The highest BCUT2D eigenvalue weighted by Crippen LogP contribution is 2.22. The summed E-state index contributed by atoms with van der Waals surface area (Å²) in [4.78, 5) is 24.3. The van der Waals surface area contributed by atoms with Gasteiger partial charge >= 0.3 is 12.0 Å². The van der Waals surface area contributed by atoms with E-state index in [4.69, 9.17) is 28.3 Å².